The van der Waals surface area contributed by atoms with Crippen molar-refractivity contribution in [1.82, 2.24) is 15.1 Å². The minimum Gasteiger partial charge on any atom is -0.322 e. The van der Waals surface area contributed by atoms with Crippen LogP contribution in [-0.4, -0.2) is 28.8 Å². The van der Waals surface area contributed by atoms with E-state index in [2.05, 4.69) is 15.7 Å². The number of anilines is 1. The molecular weight excluding hydrogens is 407 g/mol. The number of para-hydroxylation sites is 1. The number of benzene rings is 2. The summed E-state index contributed by atoms with van der Waals surface area (Å²) in [6.07, 6.45) is 3.51. The number of aryl methyl sites for hydroxylation is 1. The molecule has 29 heavy (non-hydrogen) atoms. The van der Waals surface area contributed by atoms with E-state index in [9.17, 15) is 4.79 Å². The zero-order chi connectivity index (χ0) is 20.4. The predicted molar refractivity (Wildman–Crippen MR) is 118 cm³/mol. The van der Waals surface area contributed by atoms with Crippen LogP contribution in [0.15, 0.2) is 48.7 Å². The monoisotopic (exact) mass is 428 g/mol. The van der Waals surface area contributed by atoms with Gasteiger partial charge in [0.05, 0.1) is 28.2 Å². The molecule has 5 nitrogen and oxygen atoms in total. The van der Waals surface area contributed by atoms with E-state index in [0.29, 0.717) is 21.3 Å². The molecule has 1 aliphatic rings. The van der Waals surface area contributed by atoms with E-state index in [4.69, 9.17) is 23.2 Å². The Morgan fingerprint density at radius 2 is 1.90 bits per heavy atom. The molecule has 0 saturated carbocycles. The Labute approximate surface area is 180 Å². The number of carbonyl (C=O) groups excluding carboxylic acids is 1. The first-order valence-electron chi connectivity index (χ1n) is 9.65. The molecule has 2 N–H and O–H groups in total. The topological polar surface area (TPSA) is 59.0 Å². The Bertz CT molecular complexity index is 1040. The maximum absolute atomic E-state index is 13.1. The maximum Gasteiger partial charge on any atom is 0.259 e. The fourth-order valence-electron chi connectivity index (χ4n) is 3.71. The van der Waals surface area contributed by atoms with Gasteiger partial charge in [0, 0.05) is 16.6 Å². The highest BCUT2D eigenvalue weighted by Gasteiger charge is 2.27. The van der Waals surface area contributed by atoms with E-state index >= 15 is 0 Å². The van der Waals surface area contributed by atoms with Gasteiger partial charge in [0.15, 0.2) is 0 Å². The lowest BCUT2D eigenvalue weighted by atomic mass is 9.91. The molecule has 150 valence electrons. The largest absolute Gasteiger partial charge is 0.322 e. The third-order valence-corrected chi connectivity index (χ3v) is 6.01. The van der Waals surface area contributed by atoms with Crippen LogP contribution in [0.3, 0.4) is 0 Å². The lowest BCUT2D eigenvalue weighted by Crippen LogP contribution is -2.29. The molecule has 0 unspecified atom stereocenters. The number of carbonyl (C=O) groups is 1. The van der Waals surface area contributed by atoms with Crippen LogP contribution in [0.1, 0.15) is 40.4 Å². The molecule has 1 aliphatic heterocycles. The molecule has 7 heteroatoms. The normalized spacial score (nSPS) is 14.7. The van der Waals surface area contributed by atoms with E-state index in [-0.39, 0.29) is 11.8 Å². The molecule has 0 bridgehead atoms. The summed E-state index contributed by atoms with van der Waals surface area (Å²) >= 11 is 12.6. The molecule has 0 spiro atoms. The van der Waals surface area contributed by atoms with Gasteiger partial charge in [-0.3, -0.25) is 4.79 Å². The first-order valence-corrected chi connectivity index (χ1v) is 10.4. The zero-order valence-electron chi connectivity index (χ0n) is 16.1. The highest BCUT2D eigenvalue weighted by atomic mass is 35.5. The van der Waals surface area contributed by atoms with Crippen molar-refractivity contribution in [3.63, 3.8) is 0 Å². The quantitative estimate of drug-likeness (QED) is 0.599. The van der Waals surface area contributed by atoms with Crippen LogP contribution in [0.25, 0.3) is 5.69 Å². The second-order valence-corrected chi connectivity index (χ2v) is 8.06. The van der Waals surface area contributed by atoms with Crippen LogP contribution in [0, 0.1) is 6.92 Å². The summed E-state index contributed by atoms with van der Waals surface area (Å²) in [6.45, 7) is 3.75. The van der Waals surface area contributed by atoms with Crippen LogP contribution in [0.4, 0.5) is 5.69 Å². The molecule has 1 amide bonds. The molecule has 0 aliphatic carbocycles. The van der Waals surface area contributed by atoms with Gasteiger partial charge >= 0.3 is 0 Å². The highest BCUT2D eigenvalue weighted by molar-refractivity contribution is 6.32. The Morgan fingerprint density at radius 1 is 1.14 bits per heavy atom. The zero-order valence-corrected chi connectivity index (χ0v) is 17.6. The molecule has 2 heterocycles. The smallest absolute Gasteiger partial charge is 0.259 e. The van der Waals surface area contributed by atoms with Gasteiger partial charge in [-0.1, -0.05) is 41.4 Å². The minimum absolute atomic E-state index is 0.197. The Kier molecular flexibility index (Phi) is 5.90. The first kappa shape index (κ1) is 20.0. The van der Waals surface area contributed by atoms with Crippen molar-refractivity contribution < 1.29 is 4.79 Å². The Hall–Kier alpha value is -2.34. The predicted octanol–water partition coefficient (Wildman–Crippen LogP) is 5.21. The van der Waals surface area contributed by atoms with E-state index in [0.717, 1.165) is 42.9 Å². The van der Waals surface area contributed by atoms with Crippen LogP contribution in [-0.2, 0) is 0 Å². The number of halogens is 2. The van der Waals surface area contributed by atoms with Crippen molar-refractivity contribution in [3.8, 4) is 5.69 Å². The standard InChI is InChI=1S/C22H22Cl2N4O/c1-14-6-7-16(12-19(14)24)27-22(29)17-13-26-28(20-5-3-2-4-18(20)23)21(17)15-8-10-25-11-9-15/h2-7,12-13,15,25H,8-11H2,1H3,(H,27,29). The van der Waals surface area contributed by atoms with Gasteiger partial charge in [0.2, 0.25) is 0 Å². The summed E-state index contributed by atoms with van der Waals surface area (Å²) in [5, 5.41) is 12.1. The average Bonchev–Trinajstić information content (AvgIpc) is 3.17. The third kappa shape index (κ3) is 4.17. The van der Waals surface area contributed by atoms with E-state index in [1.54, 1.807) is 12.3 Å². The summed E-state index contributed by atoms with van der Waals surface area (Å²) in [6, 6.07) is 13.1. The highest BCUT2D eigenvalue weighted by Crippen LogP contribution is 2.32. The number of nitrogens with zero attached hydrogens (tertiary/aromatic N) is 2. The SMILES string of the molecule is Cc1ccc(NC(=O)c2cnn(-c3ccccc3Cl)c2C2CCNCC2)cc1Cl. The summed E-state index contributed by atoms with van der Waals surface area (Å²) in [5.74, 6) is 0.0223. The summed E-state index contributed by atoms with van der Waals surface area (Å²) in [5.41, 5.74) is 3.86. The molecule has 0 radical (unpaired) electrons. The lowest BCUT2D eigenvalue weighted by Gasteiger charge is -2.25. The lowest BCUT2D eigenvalue weighted by molar-refractivity contribution is 0.102. The summed E-state index contributed by atoms with van der Waals surface area (Å²) in [4.78, 5) is 13.1. The van der Waals surface area contributed by atoms with Crippen LogP contribution < -0.4 is 10.6 Å². The molecule has 1 aromatic heterocycles. The van der Waals surface area contributed by atoms with Gasteiger partial charge in [0.25, 0.3) is 5.91 Å². The number of hydrogen-bond acceptors (Lipinski definition) is 3. The second-order valence-electron chi connectivity index (χ2n) is 7.25. The van der Waals surface area contributed by atoms with E-state index in [1.807, 2.05) is 48.0 Å². The van der Waals surface area contributed by atoms with Crippen molar-refractivity contribution in [2.75, 3.05) is 18.4 Å². The Balaban J connectivity index is 1.73. The van der Waals surface area contributed by atoms with Gasteiger partial charge in [-0.2, -0.15) is 5.10 Å². The van der Waals surface area contributed by atoms with Crippen LogP contribution in [0.5, 0.6) is 0 Å². The summed E-state index contributed by atoms with van der Waals surface area (Å²) < 4.78 is 1.81. The van der Waals surface area contributed by atoms with Gasteiger partial charge in [-0.05, 0) is 62.7 Å². The Morgan fingerprint density at radius 3 is 2.62 bits per heavy atom. The minimum atomic E-state index is -0.197. The number of hydrogen-bond donors (Lipinski definition) is 2. The molecule has 1 fully saturated rings. The van der Waals surface area contributed by atoms with Crippen LogP contribution >= 0.6 is 23.2 Å². The third-order valence-electron chi connectivity index (χ3n) is 5.29. The fourth-order valence-corrected chi connectivity index (χ4v) is 4.10. The fraction of sp³-hybridized carbons (Fsp3) is 0.273. The van der Waals surface area contributed by atoms with Crippen molar-refractivity contribution in [1.29, 1.82) is 0 Å². The van der Waals surface area contributed by atoms with Gasteiger partial charge in [0.1, 0.15) is 0 Å². The average molecular weight is 429 g/mol. The number of amides is 1. The molecule has 0 atom stereocenters. The van der Waals surface area contributed by atoms with Gasteiger partial charge in [-0.25, -0.2) is 4.68 Å². The van der Waals surface area contributed by atoms with E-state index in [1.165, 1.54) is 0 Å². The molecule has 2 aromatic carbocycles. The number of aromatic nitrogens is 2. The number of piperidine rings is 1. The first-order chi connectivity index (χ1) is 14.0. The van der Waals surface area contributed by atoms with E-state index < -0.39 is 0 Å². The van der Waals surface area contributed by atoms with Gasteiger partial charge in [-0.15, -0.1) is 0 Å². The number of nitrogens with one attached hydrogen (secondary N) is 2. The van der Waals surface area contributed by atoms with Crippen molar-refractivity contribution in [2.45, 2.75) is 25.7 Å². The number of rotatable bonds is 4. The molecule has 4 rings (SSSR count). The maximum atomic E-state index is 13.1. The van der Waals surface area contributed by atoms with Crippen molar-refractivity contribution in [3.05, 3.63) is 75.5 Å². The molecular formula is C22H22Cl2N4O. The van der Waals surface area contributed by atoms with Crippen molar-refractivity contribution in [2.24, 2.45) is 0 Å². The molecule has 3 aromatic rings. The second kappa shape index (κ2) is 8.57. The van der Waals surface area contributed by atoms with Crippen LogP contribution in [0.2, 0.25) is 10.0 Å². The van der Waals surface area contributed by atoms with Crippen molar-refractivity contribution >= 4 is 34.8 Å². The molecule has 1 saturated heterocycles. The summed E-state index contributed by atoms with van der Waals surface area (Å²) in [7, 11) is 0. The van der Waals surface area contributed by atoms with Gasteiger partial charge < -0.3 is 10.6 Å².